The van der Waals surface area contributed by atoms with Crippen molar-refractivity contribution in [3.8, 4) is 0 Å². The van der Waals surface area contributed by atoms with Crippen LogP contribution in [-0.4, -0.2) is 44.2 Å². The van der Waals surface area contributed by atoms with Crippen molar-refractivity contribution in [2.45, 2.75) is 35.7 Å². The van der Waals surface area contributed by atoms with Gasteiger partial charge < -0.3 is 5.32 Å². The Hall–Kier alpha value is -0.270. The number of nitrogens with one attached hydrogen (secondary N) is 1. The van der Waals surface area contributed by atoms with Crippen LogP contribution in [0.2, 0.25) is 5.02 Å². The minimum absolute atomic E-state index is 0.0762. The van der Waals surface area contributed by atoms with E-state index in [9.17, 15) is 8.42 Å². The van der Waals surface area contributed by atoms with Crippen LogP contribution >= 0.6 is 23.4 Å². The first-order valence-electron chi connectivity index (χ1n) is 6.46. The van der Waals surface area contributed by atoms with Crippen LogP contribution < -0.4 is 5.32 Å². The summed E-state index contributed by atoms with van der Waals surface area (Å²) < 4.78 is 27.0. The quantitative estimate of drug-likeness (QED) is 0.863. The zero-order valence-electron chi connectivity index (χ0n) is 11.8. The molecule has 2 atom stereocenters. The van der Waals surface area contributed by atoms with Gasteiger partial charge in [-0.1, -0.05) is 11.6 Å². The van der Waals surface area contributed by atoms with Gasteiger partial charge in [0.15, 0.2) is 0 Å². The highest BCUT2D eigenvalue weighted by atomic mass is 35.5. The van der Waals surface area contributed by atoms with E-state index in [1.54, 1.807) is 22.5 Å². The van der Waals surface area contributed by atoms with Crippen LogP contribution in [0.25, 0.3) is 0 Å². The predicted octanol–water partition coefficient (Wildman–Crippen LogP) is 2.43. The number of sulfonamides is 1. The summed E-state index contributed by atoms with van der Waals surface area (Å²) >= 11 is 7.62. The van der Waals surface area contributed by atoms with E-state index in [0.717, 1.165) is 4.90 Å². The second-order valence-corrected chi connectivity index (χ2v) is 8.04. The molecular weight excluding hydrogens is 316 g/mol. The normalized spacial score (nSPS) is 24.8. The summed E-state index contributed by atoms with van der Waals surface area (Å²) in [5.41, 5.74) is 0. The topological polar surface area (TPSA) is 49.4 Å². The Morgan fingerprint density at radius 3 is 2.70 bits per heavy atom. The van der Waals surface area contributed by atoms with Crippen LogP contribution in [0.1, 0.15) is 13.8 Å². The molecule has 1 fully saturated rings. The molecule has 0 aromatic heterocycles. The van der Waals surface area contributed by atoms with Crippen molar-refractivity contribution < 1.29 is 8.42 Å². The Kier molecular flexibility index (Phi) is 5.02. The maximum atomic E-state index is 12.7. The molecule has 0 bridgehead atoms. The summed E-state index contributed by atoms with van der Waals surface area (Å²) in [5, 5.41) is 3.76. The molecular formula is C13H19ClN2O2S2. The molecule has 1 aromatic carbocycles. The van der Waals surface area contributed by atoms with Gasteiger partial charge in [0, 0.05) is 30.1 Å². The molecule has 0 radical (unpaired) electrons. The van der Waals surface area contributed by atoms with Gasteiger partial charge in [-0.3, -0.25) is 0 Å². The van der Waals surface area contributed by atoms with Gasteiger partial charge in [0.1, 0.15) is 0 Å². The highest BCUT2D eigenvalue weighted by molar-refractivity contribution is 7.98. The first-order valence-corrected chi connectivity index (χ1v) is 9.51. The minimum atomic E-state index is -3.49. The molecule has 0 aliphatic carbocycles. The lowest BCUT2D eigenvalue weighted by molar-refractivity contribution is 0.233. The van der Waals surface area contributed by atoms with Gasteiger partial charge in [0.05, 0.1) is 9.92 Å². The Morgan fingerprint density at radius 2 is 2.10 bits per heavy atom. The van der Waals surface area contributed by atoms with Crippen molar-refractivity contribution in [2.75, 3.05) is 19.3 Å². The molecule has 7 heteroatoms. The van der Waals surface area contributed by atoms with E-state index >= 15 is 0 Å². The van der Waals surface area contributed by atoms with E-state index in [1.807, 2.05) is 20.1 Å². The lowest BCUT2D eigenvalue weighted by Crippen LogP contribution is -2.57. The molecule has 1 saturated heterocycles. The van der Waals surface area contributed by atoms with Crippen molar-refractivity contribution in [3.63, 3.8) is 0 Å². The molecule has 2 rings (SSSR count). The van der Waals surface area contributed by atoms with Gasteiger partial charge in [0.2, 0.25) is 10.0 Å². The summed E-state index contributed by atoms with van der Waals surface area (Å²) in [7, 11) is -3.49. The Morgan fingerprint density at radius 1 is 1.40 bits per heavy atom. The van der Waals surface area contributed by atoms with Crippen LogP contribution in [0.5, 0.6) is 0 Å². The maximum absolute atomic E-state index is 12.7. The van der Waals surface area contributed by atoms with E-state index < -0.39 is 10.0 Å². The fourth-order valence-corrected chi connectivity index (χ4v) is 4.97. The van der Waals surface area contributed by atoms with Crippen molar-refractivity contribution >= 4 is 33.4 Å². The molecule has 0 amide bonds. The predicted molar refractivity (Wildman–Crippen MR) is 84.1 cm³/mol. The third kappa shape index (κ3) is 2.99. The number of hydrogen-bond donors (Lipinski definition) is 1. The van der Waals surface area contributed by atoms with Crippen molar-refractivity contribution in [1.29, 1.82) is 0 Å². The summed E-state index contributed by atoms with van der Waals surface area (Å²) in [5.74, 6) is 0. The molecule has 0 saturated carbocycles. The highest BCUT2D eigenvalue weighted by Gasteiger charge is 2.34. The zero-order chi connectivity index (χ0) is 14.9. The molecule has 112 valence electrons. The first kappa shape index (κ1) is 16.1. The number of thioether (sulfide) groups is 1. The van der Waals surface area contributed by atoms with Gasteiger partial charge >= 0.3 is 0 Å². The lowest BCUT2D eigenvalue weighted by atomic mass is 10.1. The molecule has 1 heterocycles. The fraction of sp³-hybridized carbons (Fsp3) is 0.538. The molecule has 2 unspecified atom stereocenters. The highest BCUT2D eigenvalue weighted by Crippen LogP contribution is 2.30. The van der Waals surface area contributed by atoms with Crippen LogP contribution in [0.4, 0.5) is 0 Å². The number of hydrogen-bond acceptors (Lipinski definition) is 4. The monoisotopic (exact) mass is 334 g/mol. The number of piperazine rings is 1. The third-order valence-corrected chi connectivity index (χ3v) is 6.91. The van der Waals surface area contributed by atoms with Gasteiger partial charge in [-0.05, 0) is 38.3 Å². The molecule has 4 nitrogen and oxygen atoms in total. The van der Waals surface area contributed by atoms with Crippen LogP contribution in [0.3, 0.4) is 0 Å². The number of benzene rings is 1. The SMILES string of the molecule is CSc1ccc(S(=O)(=O)N2CCNC(C)C2C)cc1Cl. The van der Waals surface area contributed by atoms with E-state index in [-0.39, 0.29) is 17.0 Å². The van der Waals surface area contributed by atoms with Gasteiger partial charge in [0.25, 0.3) is 0 Å². The maximum Gasteiger partial charge on any atom is 0.243 e. The molecule has 0 spiro atoms. The van der Waals surface area contributed by atoms with Crippen molar-refractivity contribution in [1.82, 2.24) is 9.62 Å². The lowest BCUT2D eigenvalue weighted by Gasteiger charge is -2.37. The second kappa shape index (κ2) is 6.23. The van der Waals surface area contributed by atoms with Crippen molar-refractivity contribution in [3.05, 3.63) is 23.2 Å². The first-order chi connectivity index (χ1) is 9.37. The Labute approximate surface area is 129 Å². The van der Waals surface area contributed by atoms with Gasteiger partial charge in [-0.2, -0.15) is 4.31 Å². The molecule has 20 heavy (non-hydrogen) atoms. The van der Waals surface area contributed by atoms with Crippen molar-refractivity contribution in [2.24, 2.45) is 0 Å². The van der Waals surface area contributed by atoms with Crippen LogP contribution in [0.15, 0.2) is 28.0 Å². The summed E-state index contributed by atoms with van der Waals surface area (Å²) in [6.45, 7) is 5.07. The smallest absolute Gasteiger partial charge is 0.243 e. The summed E-state index contributed by atoms with van der Waals surface area (Å²) in [4.78, 5) is 1.15. The minimum Gasteiger partial charge on any atom is -0.311 e. The third-order valence-electron chi connectivity index (χ3n) is 3.71. The average molecular weight is 335 g/mol. The zero-order valence-corrected chi connectivity index (χ0v) is 14.1. The number of nitrogens with zero attached hydrogens (tertiary/aromatic N) is 1. The molecule has 1 aliphatic rings. The number of rotatable bonds is 3. The second-order valence-electron chi connectivity index (χ2n) is 4.90. The summed E-state index contributed by atoms with van der Waals surface area (Å²) in [6, 6.07) is 5.00. The number of halogens is 1. The van der Waals surface area contributed by atoms with Gasteiger partial charge in [-0.15, -0.1) is 11.8 Å². The van der Waals surface area contributed by atoms with Crippen LogP contribution in [-0.2, 0) is 10.0 Å². The Balaban J connectivity index is 2.37. The Bertz CT molecular complexity index is 592. The molecule has 1 N–H and O–H groups in total. The van der Waals surface area contributed by atoms with E-state index in [4.69, 9.17) is 11.6 Å². The van der Waals surface area contributed by atoms with E-state index in [0.29, 0.717) is 18.1 Å². The fourth-order valence-electron chi connectivity index (χ4n) is 2.31. The standard InChI is InChI=1S/C13H19ClN2O2S2/c1-9-10(2)16(7-6-15-9)20(17,18)11-4-5-13(19-3)12(14)8-11/h4-5,8-10,15H,6-7H2,1-3H3. The molecule has 1 aromatic rings. The van der Waals surface area contributed by atoms with Gasteiger partial charge in [-0.25, -0.2) is 8.42 Å². The average Bonchev–Trinajstić information content (AvgIpc) is 2.41. The molecule has 1 aliphatic heterocycles. The van der Waals surface area contributed by atoms with Crippen LogP contribution in [0, 0.1) is 0 Å². The van der Waals surface area contributed by atoms with E-state index in [2.05, 4.69) is 5.32 Å². The largest absolute Gasteiger partial charge is 0.311 e. The van der Waals surface area contributed by atoms with E-state index in [1.165, 1.54) is 11.8 Å². The summed E-state index contributed by atoms with van der Waals surface area (Å²) in [6.07, 6.45) is 1.91.